The highest BCUT2D eigenvalue weighted by atomic mass is 19.1. The van der Waals surface area contributed by atoms with Crippen molar-refractivity contribution in [1.82, 2.24) is 15.1 Å². The molecule has 0 radical (unpaired) electrons. The smallest absolute Gasteiger partial charge is 0.224 e. The SMILES string of the molecule is CN1CCN(CCCNC(=O)Cc2cccc(F)c2)CC1. The highest BCUT2D eigenvalue weighted by Crippen LogP contribution is 2.04. The molecule has 0 bridgehead atoms. The summed E-state index contributed by atoms with van der Waals surface area (Å²) < 4.78 is 13.0. The maximum Gasteiger partial charge on any atom is 0.224 e. The van der Waals surface area contributed by atoms with Gasteiger partial charge in [0.15, 0.2) is 0 Å². The van der Waals surface area contributed by atoms with Crippen molar-refractivity contribution in [3.05, 3.63) is 35.6 Å². The van der Waals surface area contributed by atoms with E-state index in [-0.39, 0.29) is 18.1 Å². The molecule has 1 aromatic rings. The van der Waals surface area contributed by atoms with E-state index in [1.54, 1.807) is 12.1 Å². The average molecular weight is 293 g/mol. The van der Waals surface area contributed by atoms with Crippen molar-refractivity contribution < 1.29 is 9.18 Å². The molecule has 0 unspecified atom stereocenters. The van der Waals surface area contributed by atoms with Gasteiger partial charge in [-0.05, 0) is 37.7 Å². The number of carbonyl (C=O) groups excluding carboxylic acids is 1. The number of hydrogen-bond donors (Lipinski definition) is 1. The third-order valence-corrected chi connectivity index (χ3v) is 3.82. The van der Waals surface area contributed by atoms with Crippen molar-refractivity contribution in [2.24, 2.45) is 0 Å². The van der Waals surface area contributed by atoms with Crippen LogP contribution in [-0.2, 0) is 11.2 Å². The maximum atomic E-state index is 13.0. The van der Waals surface area contributed by atoms with E-state index < -0.39 is 0 Å². The molecule has 1 aliphatic rings. The Bertz CT molecular complexity index is 459. The minimum atomic E-state index is -0.296. The number of nitrogens with one attached hydrogen (secondary N) is 1. The third kappa shape index (κ3) is 5.81. The fourth-order valence-corrected chi connectivity index (χ4v) is 2.50. The van der Waals surface area contributed by atoms with Gasteiger partial charge in [0.2, 0.25) is 5.91 Å². The van der Waals surface area contributed by atoms with E-state index in [2.05, 4.69) is 22.2 Å². The van der Waals surface area contributed by atoms with Crippen molar-refractivity contribution in [1.29, 1.82) is 0 Å². The van der Waals surface area contributed by atoms with Crippen molar-refractivity contribution in [3.63, 3.8) is 0 Å². The Kier molecular flexibility index (Phi) is 6.14. The largest absolute Gasteiger partial charge is 0.356 e. The number of benzene rings is 1. The fourth-order valence-electron chi connectivity index (χ4n) is 2.50. The Morgan fingerprint density at radius 1 is 1.29 bits per heavy atom. The molecule has 5 heteroatoms. The van der Waals surface area contributed by atoms with Crippen LogP contribution < -0.4 is 5.32 Å². The van der Waals surface area contributed by atoms with Crippen LogP contribution in [0.2, 0.25) is 0 Å². The van der Waals surface area contributed by atoms with Gasteiger partial charge in [0.25, 0.3) is 0 Å². The van der Waals surface area contributed by atoms with E-state index in [1.165, 1.54) is 12.1 Å². The molecule has 1 amide bonds. The molecule has 21 heavy (non-hydrogen) atoms. The van der Waals surface area contributed by atoms with Gasteiger partial charge >= 0.3 is 0 Å². The molecule has 0 aromatic heterocycles. The molecule has 4 nitrogen and oxygen atoms in total. The fraction of sp³-hybridized carbons (Fsp3) is 0.562. The number of piperazine rings is 1. The van der Waals surface area contributed by atoms with Crippen molar-refractivity contribution >= 4 is 5.91 Å². The van der Waals surface area contributed by atoms with Gasteiger partial charge in [0, 0.05) is 32.7 Å². The molecule has 1 fully saturated rings. The molecular weight excluding hydrogens is 269 g/mol. The number of halogens is 1. The zero-order valence-corrected chi connectivity index (χ0v) is 12.6. The van der Waals surface area contributed by atoms with Gasteiger partial charge in [-0.25, -0.2) is 4.39 Å². The normalized spacial score (nSPS) is 16.9. The van der Waals surface area contributed by atoms with Gasteiger partial charge < -0.3 is 15.1 Å². The Balaban J connectivity index is 1.59. The van der Waals surface area contributed by atoms with Crippen LogP contribution >= 0.6 is 0 Å². The molecule has 1 aliphatic heterocycles. The second-order valence-electron chi connectivity index (χ2n) is 5.66. The molecule has 116 valence electrons. The minimum Gasteiger partial charge on any atom is -0.356 e. The molecule has 1 aromatic carbocycles. The van der Waals surface area contributed by atoms with Gasteiger partial charge in [-0.15, -0.1) is 0 Å². The predicted octanol–water partition coefficient (Wildman–Crippen LogP) is 1.12. The molecule has 2 rings (SSSR count). The number of carbonyl (C=O) groups is 1. The summed E-state index contributed by atoms with van der Waals surface area (Å²) in [5, 5.41) is 2.90. The van der Waals surface area contributed by atoms with E-state index in [9.17, 15) is 9.18 Å². The highest BCUT2D eigenvalue weighted by Gasteiger charge is 2.12. The standard InChI is InChI=1S/C16H24FN3O/c1-19-8-10-20(11-9-19)7-3-6-18-16(21)13-14-4-2-5-15(17)12-14/h2,4-5,12H,3,6-11,13H2,1H3,(H,18,21). The topological polar surface area (TPSA) is 35.6 Å². The number of rotatable bonds is 6. The van der Waals surface area contributed by atoms with Crippen LogP contribution in [0.3, 0.4) is 0 Å². The second kappa shape index (κ2) is 8.10. The average Bonchev–Trinajstić information content (AvgIpc) is 2.45. The number of likely N-dealkylation sites (N-methyl/N-ethyl adjacent to an activating group) is 1. The van der Waals surface area contributed by atoms with Crippen molar-refractivity contribution in [3.8, 4) is 0 Å². The first-order valence-corrected chi connectivity index (χ1v) is 7.55. The predicted molar refractivity (Wildman–Crippen MR) is 81.7 cm³/mol. The summed E-state index contributed by atoms with van der Waals surface area (Å²) in [6, 6.07) is 6.19. The third-order valence-electron chi connectivity index (χ3n) is 3.82. The molecule has 0 saturated carbocycles. The summed E-state index contributed by atoms with van der Waals surface area (Å²) in [4.78, 5) is 16.5. The van der Waals surface area contributed by atoms with Gasteiger partial charge in [-0.1, -0.05) is 12.1 Å². The summed E-state index contributed by atoms with van der Waals surface area (Å²) in [6.45, 7) is 6.15. The lowest BCUT2D eigenvalue weighted by molar-refractivity contribution is -0.120. The molecule has 0 spiro atoms. The Morgan fingerprint density at radius 3 is 2.76 bits per heavy atom. The summed E-state index contributed by atoms with van der Waals surface area (Å²) in [5.41, 5.74) is 0.714. The van der Waals surface area contributed by atoms with E-state index in [1.807, 2.05) is 0 Å². The Morgan fingerprint density at radius 2 is 2.05 bits per heavy atom. The van der Waals surface area contributed by atoms with Crippen molar-refractivity contribution in [2.45, 2.75) is 12.8 Å². The molecule has 0 atom stereocenters. The Hall–Kier alpha value is -1.46. The van der Waals surface area contributed by atoms with Gasteiger partial charge in [0.05, 0.1) is 6.42 Å². The van der Waals surface area contributed by atoms with Crippen LogP contribution in [0.1, 0.15) is 12.0 Å². The van der Waals surface area contributed by atoms with Gasteiger partial charge in [0.1, 0.15) is 5.82 Å². The summed E-state index contributed by atoms with van der Waals surface area (Å²) in [5.74, 6) is -0.339. The quantitative estimate of drug-likeness (QED) is 0.799. The van der Waals surface area contributed by atoms with E-state index >= 15 is 0 Å². The first-order chi connectivity index (χ1) is 10.1. The maximum absolute atomic E-state index is 13.0. The summed E-state index contributed by atoms with van der Waals surface area (Å²) >= 11 is 0. The summed E-state index contributed by atoms with van der Waals surface area (Å²) in [7, 11) is 2.14. The van der Waals surface area contributed by atoms with E-state index in [0.717, 1.165) is 39.1 Å². The van der Waals surface area contributed by atoms with Crippen LogP contribution in [-0.4, -0.2) is 62.0 Å². The van der Waals surface area contributed by atoms with Crippen LogP contribution in [0.25, 0.3) is 0 Å². The monoisotopic (exact) mass is 293 g/mol. The van der Waals surface area contributed by atoms with E-state index in [4.69, 9.17) is 0 Å². The van der Waals surface area contributed by atoms with Crippen LogP contribution in [0.5, 0.6) is 0 Å². The second-order valence-corrected chi connectivity index (χ2v) is 5.66. The zero-order chi connectivity index (χ0) is 15.1. The lowest BCUT2D eigenvalue weighted by Gasteiger charge is -2.32. The molecule has 1 heterocycles. The lowest BCUT2D eigenvalue weighted by atomic mass is 10.1. The van der Waals surface area contributed by atoms with Crippen LogP contribution in [0.15, 0.2) is 24.3 Å². The van der Waals surface area contributed by atoms with Gasteiger partial charge in [-0.3, -0.25) is 4.79 Å². The molecule has 0 aliphatic carbocycles. The van der Waals surface area contributed by atoms with Gasteiger partial charge in [-0.2, -0.15) is 0 Å². The minimum absolute atomic E-state index is 0.0426. The number of nitrogens with zero attached hydrogens (tertiary/aromatic N) is 2. The molecular formula is C16H24FN3O. The first kappa shape index (κ1) is 15.9. The lowest BCUT2D eigenvalue weighted by Crippen LogP contribution is -2.45. The molecule has 1 saturated heterocycles. The number of hydrogen-bond acceptors (Lipinski definition) is 3. The molecule has 1 N–H and O–H groups in total. The zero-order valence-electron chi connectivity index (χ0n) is 12.6. The Labute approximate surface area is 125 Å². The summed E-state index contributed by atoms with van der Waals surface area (Å²) in [6.07, 6.45) is 1.20. The van der Waals surface area contributed by atoms with Crippen molar-refractivity contribution in [2.75, 3.05) is 46.3 Å². The van der Waals surface area contributed by atoms with Crippen LogP contribution in [0.4, 0.5) is 4.39 Å². The van der Waals surface area contributed by atoms with E-state index in [0.29, 0.717) is 12.1 Å². The highest BCUT2D eigenvalue weighted by molar-refractivity contribution is 5.78. The number of amides is 1. The first-order valence-electron chi connectivity index (χ1n) is 7.55. The van der Waals surface area contributed by atoms with Crippen LogP contribution in [0, 0.1) is 5.82 Å².